The van der Waals surface area contributed by atoms with Crippen LogP contribution < -0.4 is 5.32 Å². The van der Waals surface area contributed by atoms with Crippen LogP contribution in [0.25, 0.3) is 0 Å². The minimum absolute atomic E-state index is 0.0660. The minimum atomic E-state index is -0.860. The van der Waals surface area contributed by atoms with Crippen LogP contribution in [0.5, 0.6) is 0 Å². The summed E-state index contributed by atoms with van der Waals surface area (Å²) in [7, 11) is 0. The van der Waals surface area contributed by atoms with Crippen LogP contribution in [0, 0.1) is 0 Å². The number of nitrogens with one attached hydrogen (secondary N) is 1. The number of amides is 1. The number of carbonyl (C=O) groups is 1. The molecule has 0 aromatic carbocycles. The average molecular weight is 915 g/mol. The van der Waals surface area contributed by atoms with Crippen LogP contribution in [-0.2, 0) is 4.79 Å². The number of carbonyl (C=O) groups excluding carboxylic acids is 1. The average Bonchev–Trinajstić information content (AvgIpc) is 3.31. The van der Waals surface area contributed by atoms with Crippen molar-refractivity contribution in [3.05, 3.63) is 24.3 Å². The highest BCUT2D eigenvalue weighted by atomic mass is 16.3. The maximum Gasteiger partial charge on any atom is 0.220 e. The third-order valence-electron chi connectivity index (χ3n) is 14.2. The summed E-state index contributed by atoms with van der Waals surface area (Å²) in [5, 5.41) is 23.2. The first-order chi connectivity index (χ1) is 32.2. The molecule has 65 heavy (non-hydrogen) atoms. The summed E-state index contributed by atoms with van der Waals surface area (Å²) >= 11 is 0. The summed E-state index contributed by atoms with van der Waals surface area (Å²) in [4.78, 5) is 12.5. The fourth-order valence-electron chi connectivity index (χ4n) is 9.61. The molecule has 3 N–H and O–H groups in total. The van der Waals surface area contributed by atoms with Gasteiger partial charge in [-0.15, -0.1) is 0 Å². The van der Waals surface area contributed by atoms with E-state index >= 15 is 0 Å². The second-order valence-electron chi connectivity index (χ2n) is 20.8. The lowest BCUT2D eigenvalue weighted by Gasteiger charge is -2.19. The quantitative estimate of drug-likeness (QED) is 0.0421. The Labute approximate surface area is 409 Å². The van der Waals surface area contributed by atoms with Crippen LogP contribution in [0.3, 0.4) is 0 Å². The van der Waals surface area contributed by atoms with Crippen molar-refractivity contribution in [3.8, 4) is 0 Å². The lowest BCUT2D eigenvalue weighted by molar-refractivity contribution is -0.123. The van der Waals surface area contributed by atoms with Gasteiger partial charge in [0.25, 0.3) is 0 Å². The third-order valence-corrected chi connectivity index (χ3v) is 14.2. The van der Waals surface area contributed by atoms with E-state index in [1.165, 1.54) is 289 Å². The van der Waals surface area contributed by atoms with Gasteiger partial charge in [0.05, 0.1) is 18.8 Å². The maximum atomic E-state index is 12.5. The number of allylic oxidation sites excluding steroid dienone is 3. The Bertz CT molecular complexity index is 947. The van der Waals surface area contributed by atoms with E-state index in [2.05, 4.69) is 31.3 Å². The van der Waals surface area contributed by atoms with Gasteiger partial charge in [-0.1, -0.05) is 327 Å². The molecular weight excluding hydrogens is 795 g/mol. The summed E-state index contributed by atoms with van der Waals surface area (Å²) in [5.74, 6) is -0.0660. The summed E-state index contributed by atoms with van der Waals surface area (Å²) in [5.41, 5.74) is 0. The van der Waals surface area contributed by atoms with Gasteiger partial charge in [-0.25, -0.2) is 0 Å². The Balaban J connectivity index is 3.43. The van der Waals surface area contributed by atoms with Crippen molar-refractivity contribution >= 4 is 5.91 Å². The molecule has 1 amide bonds. The van der Waals surface area contributed by atoms with Gasteiger partial charge in [0.2, 0.25) is 5.91 Å². The van der Waals surface area contributed by atoms with Gasteiger partial charge in [-0.3, -0.25) is 4.79 Å². The third kappa shape index (κ3) is 53.7. The Morgan fingerprint density at radius 3 is 0.892 bits per heavy atom. The fraction of sp³-hybridized carbons (Fsp3) is 0.918. The van der Waals surface area contributed by atoms with Gasteiger partial charge < -0.3 is 15.5 Å². The minimum Gasteiger partial charge on any atom is -0.394 e. The zero-order chi connectivity index (χ0) is 47.0. The molecule has 2 unspecified atom stereocenters. The largest absolute Gasteiger partial charge is 0.394 e. The monoisotopic (exact) mass is 914 g/mol. The molecule has 0 spiro atoms. The summed E-state index contributed by atoms with van der Waals surface area (Å²) in [6.45, 7) is 4.34. The smallest absolute Gasteiger partial charge is 0.220 e. The summed E-state index contributed by atoms with van der Waals surface area (Å²) in [6.07, 6.45) is 76.6. The SMILES string of the molecule is CCCCCCCCCCCCCCCC/C=C/CC/C=C/C(O)C(CO)NC(=O)CCCCCCCCCCCCCCCCCCCCCCCCCCCCCCCCCCC. The Hall–Kier alpha value is -1.13. The van der Waals surface area contributed by atoms with E-state index in [1.807, 2.05) is 6.08 Å². The van der Waals surface area contributed by atoms with Crippen molar-refractivity contribution < 1.29 is 15.0 Å². The van der Waals surface area contributed by atoms with Gasteiger partial charge in [0, 0.05) is 6.42 Å². The van der Waals surface area contributed by atoms with E-state index in [1.54, 1.807) is 6.08 Å². The molecule has 0 saturated carbocycles. The predicted octanol–water partition coefficient (Wildman–Crippen LogP) is 19.9. The van der Waals surface area contributed by atoms with E-state index in [4.69, 9.17) is 0 Å². The first-order valence-electron chi connectivity index (χ1n) is 30.1. The Kier molecular flexibility index (Phi) is 56.2. The normalized spacial score (nSPS) is 12.9. The predicted molar refractivity (Wildman–Crippen MR) is 290 cm³/mol. The molecule has 2 atom stereocenters. The fourth-order valence-corrected chi connectivity index (χ4v) is 9.61. The zero-order valence-corrected chi connectivity index (χ0v) is 44.5. The molecule has 386 valence electrons. The Morgan fingerprint density at radius 1 is 0.354 bits per heavy atom. The van der Waals surface area contributed by atoms with Crippen molar-refractivity contribution in [1.82, 2.24) is 5.32 Å². The van der Waals surface area contributed by atoms with Crippen molar-refractivity contribution in [3.63, 3.8) is 0 Å². The first kappa shape index (κ1) is 63.9. The Morgan fingerprint density at radius 2 is 0.600 bits per heavy atom. The highest BCUT2D eigenvalue weighted by Crippen LogP contribution is 2.18. The van der Waals surface area contributed by atoms with Crippen LogP contribution in [0.4, 0.5) is 0 Å². The van der Waals surface area contributed by atoms with Gasteiger partial charge in [-0.2, -0.15) is 0 Å². The zero-order valence-electron chi connectivity index (χ0n) is 44.5. The number of unbranched alkanes of at least 4 members (excludes halogenated alkanes) is 47. The molecule has 0 aromatic heterocycles. The number of rotatable bonds is 56. The maximum absolute atomic E-state index is 12.5. The molecule has 4 heteroatoms. The lowest BCUT2D eigenvalue weighted by atomic mass is 10.0. The van der Waals surface area contributed by atoms with Crippen molar-refractivity contribution in [2.45, 2.75) is 353 Å². The second-order valence-corrected chi connectivity index (χ2v) is 20.8. The second kappa shape index (κ2) is 57.2. The van der Waals surface area contributed by atoms with Crippen LogP contribution in [0.15, 0.2) is 24.3 Å². The molecule has 0 aliphatic heterocycles. The molecule has 0 aliphatic rings. The van der Waals surface area contributed by atoms with Crippen molar-refractivity contribution in [2.24, 2.45) is 0 Å². The molecule has 0 aromatic rings. The van der Waals surface area contributed by atoms with E-state index in [-0.39, 0.29) is 12.5 Å². The molecule has 0 saturated heterocycles. The summed E-state index contributed by atoms with van der Waals surface area (Å²) in [6, 6.07) is -0.636. The van der Waals surface area contributed by atoms with Crippen LogP contribution in [0.1, 0.15) is 341 Å². The molecule has 0 aliphatic carbocycles. The van der Waals surface area contributed by atoms with Gasteiger partial charge >= 0.3 is 0 Å². The molecule has 4 nitrogen and oxygen atoms in total. The standard InChI is InChI=1S/C61H119NO3/c1-3-5-7-9-11-13-15-17-19-21-23-25-26-27-28-29-30-31-32-33-34-35-36-37-39-41-43-45-47-49-51-53-55-57-61(65)62-59(58-63)60(64)56-54-52-50-48-46-44-42-40-38-24-22-20-18-16-14-12-10-8-6-4-2/h46,48,54,56,59-60,63-64H,3-45,47,49-53,55,57-58H2,1-2H3,(H,62,65)/b48-46+,56-54+. The van der Waals surface area contributed by atoms with E-state index in [0.717, 1.165) is 32.1 Å². The number of aliphatic hydroxyl groups is 2. The molecular formula is C61H119NO3. The van der Waals surface area contributed by atoms with Gasteiger partial charge in [0.1, 0.15) is 0 Å². The molecule has 0 bridgehead atoms. The number of hydrogen-bond donors (Lipinski definition) is 3. The lowest BCUT2D eigenvalue weighted by Crippen LogP contribution is -2.45. The van der Waals surface area contributed by atoms with Crippen molar-refractivity contribution in [2.75, 3.05) is 6.61 Å². The van der Waals surface area contributed by atoms with Gasteiger partial charge in [0.15, 0.2) is 0 Å². The first-order valence-corrected chi connectivity index (χ1v) is 30.1. The summed E-state index contributed by atoms with van der Waals surface area (Å²) < 4.78 is 0. The highest BCUT2D eigenvalue weighted by Gasteiger charge is 2.18. The van der Waals surface area contributed by atoms with Crippen LogP contribution in [-0.4, -0.2) is 34.9 Å². The van der Waals surface area contributed by atoms with Gasteiger partial charge in [-0.05, 0) is 32.1 Å². The number of hydrogen-bond acceptors (Lipinski definition) is 3. The highest BCUT2D eigenvalue weighted by molar-refractivity contribution is 5.76. The van der Waals surface area contributed by atoms with Crippen LogP contribution >= 0.6 is 0 Å². The van der Waals surface area contributed by atoms with Crippen molar-refractivity contribution in [1.29, 1.82) is 0 Å². The van der Waals surface area contributed by atoms with Crippen LogP contribution in [0.2, 0.25) is 0 Å². The van der Waals surface area contributed by atoms with E-state index in [9.17, 15) is 15.0 Å². The molecule has 0 heterocycles. The number of aliphatic hydroxyl groups excluding tert-OH is 2. The van der Waals surface area contributed by atoms with E-state index in [0.29, 0.717) is 6.42 Å². The van der Waals surface area contributed by atoms with E-state index < -0.39 is 12.1 Å². The topological polar surface area (TPSA) is 69.6 Å². The molecule has 0 radical (unpaired) electrons. The molecule has 0 fully saturated rings. The molecule has 0 rings (SSSR count).